The van der Waals surface area contributed by atoms with E-state index in [-0.39, 0.29) is 0 Å². The normalized spacial score (nSPS) is 13.0. The first-order valence-electron chi connectivity index (χ1n) is 7.98. The molecule has 0 N–H and O–H groups in total. The van der Waals surface area contributed by atoms with Crippen LogP contribution in [0.4, 0.5) is 0 Å². The summed E-state index contributed by atoms with van der Waals surface area (Å²) in [5, 5.41) is 9.11. The largest absolute Gasteiger partial charge is 0.279 e. The fraction of sp³-hybridized carbons (Fsp3) is 0.222. The maximum absolute atomic E-state index is 6.18. The fourth-order valence-electron chi connectivity index (χ4n) is 2.95. The van der Waals surface area contributed by atoms with Gasteiger partial charge in [0.1, 0.15) is 23.2 Å². The molecule has 3 aromatic rings. The Labute approximate surface area is 145 Å². The van der Waals surface area contributed by atoms with E-state index in [1.807, 2.05) is 36.4 Å². The minimum atomic E-state index is 0.450. The van der Waals surface area contributed by atoms with Crippen molar-refractivity contribution in [1.29, 1.82) is 0 Å². The maximum Gasteiger partial charge on any atom is 0.159 e. The average molecular weight is 338 g/mol. The van der Waals surface area contributed by atoms with E-state index in [9.17, 15) is 0 Å². The molecule has 3 heterocycles. The molecule has 0 saturated carbocycles. The number of hydrogen-bond donors (Lipinski definition) is 0. The van der Waals surface area contributed by atoms with Gasteiger partial charge in [0.25, 0.3) is 0 Å². The SMILES string of the molecule is CCCc1nnc2n1-c1ccc(Cl)nc1C(c1ccccc1)=NC2. The Bertz CT molecular complexity index is 914. The first-order chi connectivity index (χ1) is 11.8. The Morgan fingerprint density at radius 2 is 1.92 bits per heavy atom. The van der Waals surface area contributed by atoms with Crippen LogP contribution in [0.2, 0.25) is 5.15 Å². The molecule has 0 spiro atoms. The van der Waals surface area contributed by atoms with Crippen LogP contribution in [-0.2, 0) is 13.0 Å². The number of aryl methyl sites for hydroxylation is 1. The molecule has 0 unspecified atom stereocenters. The summed E-state index contributed by atoms with van der Waals surface area (Å²) >= 11 is 6.18. The molecule has 2 aromatic heterocycles. The minimum Gasteiger partial charge on any atom is -0.279 e. The third-order valence-electron chi connectivity index (χ3n) is 4.00. The average Bonchev–Trinajstić information content (AvgIpc) is 2.92. The molecular formula is C18H16ClN5. The number of hydrogen-bond acceptors (Lipinski definition) is 4. The number of aromatic nitrogens is 4. The Morgan fingerprint density at radius 1 is 1.08 bits per heavy atom. The van der Waals surface area contributed by atoms with E-state index >= 15 is 0 Å². The lowest BCUT2D eigenvalue weighted by Crippen LogP contribution is -2.11. The van der Waals surface area contributed by atoms with Gasteiger partial charge in [0, 0.05) is 12.0 Å². The standard InChI is InChI=1S/C18H16ClN5/c1-2-6-15-22-23-16-11-20-17(12-7-4-3-5-8-12)18-13(24(15)16)9-10-14(19)21-18/h3-5,7-10H,2,6,11H2,1H3. The lowest BCUT2D eigenvalue weighted by molar-refractivity contribution is 0.787. The highest BCUT2D eigenvalue weighted by Gasteiger charge is 2.23. The van der Waals surface area contributed by atoms with E-state index in [2.05, 4.69) is 26.7 Å². The van der Waals surface area contributed by atoms with Gasteiger partial charge >= 0.3 is 0 Å². The van der Waals surface area contributed by atoms with Crippen LogP contribution in [0, 0.1) is 0 Å². The highest BCUT2D eigenvalue weighted by Crippen LogP contribution is 2.26. The molecule has 24 heavy (non-hydrogen) atoms. The molecule has 0 fully saturated rings. The van der Waals surface area contributed by atoms with Gasteiger partial charge in [0.05, 0.1) is 11.4 Å². The second-order valence-corrected chi connectivity index (χ2v) is 6.04. The Hall–Kier alpha value is -2.53. The van der Waals surface area contributed by atoms with E-state index in [0.29, 0.717) is 11.7 Å². The summed E-state index contributed by atoms with van der Waals surface area (Å²) in [7, 11) is 0. The van der Waals surface area contributed by atoms with Gasteiger partial charge in [0.2, 0.25) is 0 Å². The maximum atomic E-state index is 6.18. The highest BCUT2D eigenvalue weighted by atomic mass is 35.5. The molecule has 0 bridgehead atoms. The van der Waals surface area contributed by atoms with Crippen LogP contribution in [-0.4, -0.2) is 25.5 Å². The third kappa shape index (κ3) is 2.51. The van der Waals surface area contributed by atoms with Gasteiger partial charge in [-0.3, -0.25) is 9.56 Å². The highest BCUT2D eigenvalue weighted by molar-refractivity contribution is 6.29. The minimum absolute atomic E-state index is 0.450. The summed E-state index contributed by atoms with van der Waals surface area (Å²) in [6, 6.07) is 13.8. The van der Waals surface area contributed by atoms with Crippen LogP contribution in [0.1, 0.15) is 36.3 Å². The number of aliphatic imine (C=N–C) groups is 1. The number of nitrogens with zero attached hydrogens (tertiary/aromatic N) is 5. The van der Waals surface area contributed by atoms with Crippen LogP contribution in [0.5, 0.6) is 0 Å². The van der Waals surface area contributed by atoms with E-state index in [4.69, 9.17) is 16.6 Å². The zero-order valence-electron chi connectivity index (χ0n) is 13.3. The first kappa shape index (κ1) is 15.0. The molecule has 0 radical (unpaired) electrons. The Balaban J connectivity index is 1.96. The van der Waals surface area contributed by atoms with Gasteiger partial charge in [-0.15, -0.1) is 10.2 Å². The van der Waals surface area contributed by atoms with Crippen LogP contribution in [0.25, 0.3) is 5.69 Å². The number of halogens is 1. The molecule has 120 valence electrons. The van der Waals surface area contributed by atoms with Gasteiger partial charge in [-0.05, 0) is 18.6 Å². The zero-order valence-corrected chi connectivity index (χ0v) is 14.0. The lowest BCUT2D eigenvalue weighted by Gasteiger charge is -2.12. The van der Waals surface area contributed by atoms with Crippen molar-refractivity contribution in [2.45, 2.75) is 26.3 Å². The van der Waals surface area contributed by atoms with Crippen LogP contribution in [0.3, 0.4) is 0 Å². The van der Waals surface area contributed by atoms with E-state index in [1.165, 1.54) is 0 Å². The number of pyridine rings is 1. The van der Waals surface area contributed by atoms with Crippen molar-refractivity contribution in [3.8, 4) is 5.69 Å². The summed E-state index contributed by atoms with van der Waals surface area (Å²) in [6.45, 7) is 2.60. The molecule has 0 atom stereocenters. The summed E-state index contributed by atoms with van der Waals surface area (Å²) in [6.07, 6.45) is 1.86. The van der Waals surface area contributed by atoms with Crippen LogP contribution < -0.4 is 0 Å². The molecule has 6 heteroatoms. The first-order valence-corrected chi connectivity index (χ1v) is 8.36. The molecule has 5 nitrogen and oxygen atoms in total. The second kappa shape index (κ2) is 6.17. The van der Waals surface area contributed by atoms with Gasteiger partial charge in [0.15, 0.2) is 5.82 Å². The monoisotopic (exact) mass is 337 g/mol. The predicted octanol–water partition coefficient (Wildman–Crippen LogP) is 3.62. The van der Waals surface area contributed by atoms with Gasteiger partial charge < -0.3 is 0 Å². The molecule has 0 saturated heterocycles. The summed E-state index contributed by atoms with van der Waals surface area (Å²) in [5.41, 5.74) is 3.55. The third-order valence-corrected chi connectivity index (χ3v) is 4.21. The molecule has 1 aliphatic rings. The lowest BCUT2D eigenvalue weighted by atomic mass is 10.1. The van der Waals surface area contributed by atoms with Gasteiger partial charge in [-0.1, -0.05) is 48.9 Å². The van der Waals surface area contributed by atoms with Crippen molar-refractivity contribution in [3.05, 3.63) is 70.5 Å². The quantitative estimate of drug-likeness (QED) is 0.686. The van der Waals surface area contributed by atoms with E-state index in [1.54, 1.807) is 6.07 Å². The van der Waals surface area contributed by atoms with Crippen molar-refractivity contribution in [2.75, 3.05) is 0 Å². The smallest absolute Gasteiger partial charge is 0.159 e. The molecular weight excluding hydrogens is 322 g/mol. The van der Waals surface area contributed by atoms with Crippen molar-refractivity contribution >= 4 is 17.3 Å². The number of rotatable bonds is 3. The molecule has 1 aromatic carbocycles. The number of benzene rings is 1. The Kier molecular flexibility index (Phi) is 3.86. The molecule has 1 aliphatic heterocycles. The zero-order chi connectivity index (χ0) is 16.5. The topological polar surface area (TPSA) is 56.0 Å². The van der Waals surface area contributed by atoms with Crippen molar-refractivity contribution in [3.63, 3.8) is 0 Å². The van der Waals surface area contributed by atoms with Crippen molar-refractivity contribution in [1.82, 2.24) is 19.7 Å². The van der Waals surface area contributed by atoms with Crippen LogP contribution in [0.15, 0.2) is 47.5 Å². The van der Waals surface area contributed by atoms with Crippen molar-refractivity contribution < 1.29 is 0 Å². The summed E-state index contributed by atoms with van der Waals surface area (Å²) in [4.78, 5) is 9.33. The molecule has 0 aliphatic carbocycles. The summed E-state index contributed by atoms with van der Waals surface area (Å²) in [5.74, 6) is 1.76. The summed E-state index contributed by atoms with van der Waals surface area (Å²) < 4.78 is 2.07. The van der Waals surface area contributed by atoms with Crippen molar-refractivity contribution in [2.24, 2.45) is 4.99 Å². The molecule has 0 amide bonds. The number of fused-ring (bicyclic) bond motifs is 3. The van der Waals surface area contributed by atoms with E-state index in [0.717, 1.165) is 47.1 Å². The fourth-order valence-corrected chi connectivity index (χ4v) is 3.10. The van der Waals surface area contributed by atoms with Gasteiger partial charge in [-0.2, -0.15) is 0 Å². The van der Waals surface area contributed by atoms with Crippen LogP contribution >= 0.6 is 11.6 Å². The van der Waals surface area contributed by atoms with E-state index < -0.39 is 0 Å². The Morgan fingerprint density at radius 3 is 2.71 bits per heavy atom. The predicted molar refractivity (Wildman–Crippen MR) is 93.9 cm³/mol. The molecule has 4 rings (SSSR count). The second-order valence-electron chi connectivity index (χ2n) is 5.65. The van der Waals surface area contributed by atoms with Gasteiger partial charge in [-0.25, -0.2) is 4.98 Å².